The first-order chi connectivity index (χ1) is 16.0. The molecule has 10 heteroatoms. The van der Waals surface area contributed by atoms with E-state index in [2.05, 4.69) is 31.1 Å². The van der Waals surface area contributed by atoms with Gasteiger partial charge in [-0.15, -0.1) is 0 Å². The molecule has 1 saturated heterocycles. The number of likely N-dealkylation sites (tertiary alicyclic amines) is 1. The Morgan fingerprint density at radius 3 is 2.79 bits per heavy atom. The van der Waals surface area contributed by atoms with Gasteiger partial charge < -0.3 is 23.8 Å². The molecule has 1 unspecified atom stereocenters. The molecule has 172 valence electrons. The number of hydrogen-bond acceptors (Lipinski definition) is 9. The van der Waals surface area contributed by atoms with Crippen molar-refractivity contribution in [2.75, 3.05) is 31.6 Å². The molecule has 0 aliphatic carbocycles. The van der Waals surface area contributed by atoms with Gasteiger partial charge >= 0.3 is 0 Å². The van der Waals surface area contributed by atoms with Gasteiger partial charge in [0.15, 0.2) is 0 Å². The van der Waals surface area contributed by atoms with E-state index < -0.39 is 0 Å². The van der Waals surface area contributed by atoms with E-state index in [0.29, 0.717) is 42.7 Å². The highest BCUT2D eigenvalue weighted by molar-refractivity contribution is 5.95. The van der Waals surface area contributed by atoms with Gasteiger partial charge in [0.2, 0.25) is 11.8 Å². The molecule has 1 amide bonds. The van der Waals surface area contributed by atoms with Crippen molar-refractivity contribution in [2.45, 2.75) is 39.3 Å². The summed E-state index contributed by atoms with van der Waals surface area (Å²) in [4.78, 5) is 30.1. The molecule has 3 aromatic heterocycles. The highest BCUT2D eigenvalue weighted by Crippen LogP contribution is 2.31. The lowest BCUT2D eigenvalue weighted by Gasteiger charge is -2.31. The van der Waals surface area contributed by atoms with Crippen LogP contribution in [0.2, 0.25) is 0 Å². The summed E-state index contributed by atoms with van der Waals surface area (Å²) in [5.41, 5.74) is 4.49. The summed E-state index contributed by atoms with van der Waals surface area (Å²) < 4.78 is 16.6. The molecule has 0 saturated carbocycles. The number of rotatable bonds is 5. The number of ether oxygens (including phenoxy) is 2. The molecule has 0 N–H and O–H groups in total. The number of fused-ring (bicyclic) bond motifs is 1. The number of amides is 1. The van der Waals surface area contributed by atoms with Crippen LogP contribution in [0.4, 0.5) is 5.69 Å². The topological polar surface area (TPSA) is 107 Å². The van der Waals surface area contributed by atoms with Gasteiger partial charge in [0.05, 0.1) is 49.5 Å². The summed E-state index contributed by atoms with van der Waals surface area (Å²) in [6.45, 7) is 6.30. The van der Waals surface area contributed by atoms with Crippen molar-refractivity contribution in [3.63, 3.8) is 0 Å². The summed E-state index contributed by atoms with van der Waals surface area (Å²) >= 11 is 0. The number of anilines is 1. The second-order valence-corrected chi connectivity index (χ2v) is 8.37. The number of aromatic nitrogens is 4. The summed E-state index contributed by atoms with van der Waals surface area (Å²) in [6, 6.07) is 2.08. The third-order valence-corrected chi connectivity index (χ3v) is 6.23. The molecule has 10 nitrogen and oxygen atoms in total. The van der Waals surface area contributed by atoms with Gasteiger partial charge in [-0.25, -0.2) is 15.0 Å². The molecule has 5 heterocycles. The van der Waals surface area contributed by atoms with Crippen molar-refractivity contribution in [2.24, 2.45) is 0 Å². The molecular formula is C23H26N6O4. The number of hydrogen-bond donors (Lipinski definition) is 0. The van der Waals surface area contributed by atoms with E-state index in [1.807, 2.05) is 13.1 Å². The minimum absolute atomic E-state index is 0.0851. The number of carbonyl (C=O) groups excluding carboxylic acids is 1. The highest BCUT2D eigenvalue weighted by atomic mass is 16.5. The summed E-state index contributed by atoms with van der Waals surface area (Å²) in [6.07, 6.45) is 6.25. The maximum Gasteiger partial charge on any atom is 0.259 e. The van der Waals surface area contributed by atoms with E-state index in [1.54, 1.807) is 25.3 Å². The van der Waals surface area contributed by atoms with E-state index in [9.17, 15) is 4.79 Å². The molecule has 3 aromatic rings. The van der Waals surface area contributed by atoms with Crippen molar-refractivity contribution in [1.29, 1.82) is 0 Å². The lowest BCUT2D eigenvalue weighted by Crippen LogP contribution is -2.33. The molecule has 0 spiro atoms. The third kappa shape index (κ3) is 4.08. The van der Waals surface area contributed by atoms with Crippen LogP contribution in [-0.2, 0) is 13.0 Å². The van der Waals surface area contributed by atoms with Crippen LogP contribution in [0.25, 0.3) is 0 Å². The standard InChI is InChI=1S/C23H26N6O4/c1-14-8-16(9-24-21(14)31-3)28-7-5-20-19(12-28)22(26-13-25-20)32-17-4-6-29(11-17)23(30)18-10-27-33-15(18)2/h8-10,13,17H,4-7,11-12H2,1-3H3. The average Bonchev–Trinajstić information content (AvgIpc) is 3.47. The zero-order chi connectivity index (χ0) is 22.9. The van der Waals surface area contributed by atoms with Crippen LogP contribution < -0.4 is 14.4 Å². The predicted octanol–water partition coefficient (Wildman–Crippen LogP) is 2.34. The van der Waals surface area contributed by atoms with Crippen LogP contribution in [0, 0.1) is 13.8 Å². The first-order valence-corrected chi connectivity index (χ1v) is 11.0. The van der Waals surface area contributed by atoms with Crippen molar-refractivity contribution < 1.29 is 18.8 Å². The van der Waals surface area contributed by atoms with Gasteiger partial charge in [0, 0.05) is 31.5 Å². The molecule has 2 aliphatic rings. The van der Waals surface area contributed by atoms with Crippen LogP contribution in [-0.4, -0.2) is 63.8 Å². The molecule has 1 fully saturated rings. The van der Waals surface area contributed by atoms with Gasteiger partial charge in [0.25, 0.3) is 5.91 Å². The Kier molecular flexibility index (Phi) is 5.57. The van der Waals surface area contributed by atoms with Crippen LogP contribution in [0.3, 0.4) is 0 Å². The number of aryl methyl sites for hydroxylation is 2. The summed E-state index contributed by atoms with van der Waals surface area (Å²) in [7, 11) is 1.62. The molecular weight excluding hydrogens is 424 g/mol. The van der Waals surface area contributed by atoms with Crippen molar-refractivity contribution in [1.82, 2.24) is 25.0 Å². The Hall–Kier alpha value is -3.69. The van der Waals surface area contributed by atoms with Crippen molar-refractivity contribution in [3.05, 3.63) is 52.9 Å². The zero-order valence-corrected chi connectivity index (χ0v) is 18.9. The zero-order valence-electron chi connectivity index (χ0n) is 18.9. The Balaban J connectivity index is 1.30. The van der Waals surface area contributed by atoms with Gasteiger partial charge in [-0.05, 0) is 19.9 Å². The van der Waals surface area contributed by atoms with Gasteiger partial charge in [-0.3, -0.25) is 4.79 Å². The van der Waals surface area contributed by atoms with Gasteiger partial charge in [-0.1, -0.05) is 5.16 Å². The predicted molar refractivity (Wildman–Crippen MR) is 118 cm³/mol. The molecule has 0 bridgehead atoms. The number of carbonyl (C=O) groups is 1. The van der Waals surface area contributed by atoms with Crippen LogP contribution in [0.5, 0.6) is 11.8 Å². The second kappa shape index (κ2) is 8.68. The van der Waals surface area contributed by atoms with Crippen molar-refractivity contribution >= 4 is 11.6 Å². The lowest BCUT2D eigenvalue weighted by molar-refractivity contribution is 0.0769. The number of pyridine rings is 1. The second-order valence-electron chi connectivity index (χ2n) is 8.37. The molecule has 1 atom stereocenters. The first-order valence-electron chi connectivity index (χ1n) is 11.0. The molecule has 2 aliphatic heterocycles. The Morgan fingerprint density at radius 2 is 2.03 bits per heavy atom. The fourth-order valence-electron chi connectivity index (χ4n) is 4.41. The molecule has 5 rings (SSSR count). The normalized spacial score (nSPS) is 17.7. The van der Waals surface area contributed by atoms with Crippen molar-refractivity contribution in [3.8, 4) is 11.8 Å². The van der Waals surface area contributed by atoms with E-state index in [-0.39, 0.29) is 12.0 Å². The highest BCUT2D eigenvalue weighted by Gasteiger charge is 2.32. The van der Waals surface area contributed by atoms with E-state index in [4.69, 9.17) is 14.0 Å². The smallest absolute Gasteiger partial charge is 0.259 e. The Bertz CT molecular complexity index is 1180. The summed E-state index contributed by atoms with van der Waals surface area (Å²) in [5, 5.41) is 3.71. The number of nitrogens with zero attached hydrogens (tertiary/aromatic N) is 6. The molecule has 33 heavy (non-hydrogen) atoms. The maximum atomic E-state index is 12.8. The van der Waals surface area contributed by atoms with Gasteiger partial charge in [-0.2, -0.15) is 0 Å². The fourth-order valence-corrected chi connectivity index (χ4v) is 4.41. The monoisotopic (exact) mass is 450 g/mol. The van der Waals surface area contributed by atoms with E-state index in [1.165, 1.54) is 6.20 Å². The Morgan fingerprint density at radius 1 is 1.15 bits per heavy atom. The summed E-state index contributed by atoms with van der Waals surface area (Å²) in [5.74, 6) is 1.66. The lowest BCUT2D eigenvalue weighted by atomic mass is 10.1. The Labute approximate surface area is 191 Å². The fraction of sp³-hybridized carbons (Fsp3) is 0.435. The minimum atomic E-state index is -0.131. The third-order valence-electron chi connectivity index (χ3n) is 6.23. The maximum absolute atomic E-state index is 12.8. The molecule has 0 radical (unpaired) electrons. The van der Waals surface area contributed by atoms with E-state index >= 15 is 0 Å². The van der Waals surface area contributed by atoms with Crippen LogP contribution in [0.15, 0.2) is 29.3 Å². The first kappa shape index (κ1) is 21.2. The minimum Gasteiger partial charge on any atom is -0.481 e. The quantitative estimate of drug-likeness (QED) is 0.579. The SMILES string of the molecule is COc1ncc(N2CCc3ncnc(OC4CCN(C(=O)c5cnoc5C)C4)c3C2)cc1C. The molecule has 0 aromatic carbocycles. The van der Waals surface area contributed by atoms with Crippen LogP contribution >= 0.6 is 0 Å². The number of methoxy groups -OCH3 is 1. The van der Waals surface area contributed by atoms with E-state index in [0.717, 1.165) is 41.9 Å². The average molecular weight is 450 g/mol. The van der Waals surface area contributed by atoms with Crippen LogP contribution in [0.1, 0.15) is 39.4 Å². The van der Waals surface area contributed by atoms with Gasteiger partial charge in [0.1, 0.15) is 23.8 Å². The largest absolute Gasteiger partial charge is 0.481 e.